The van der Waals surface area contributed by atoms with E-state index >= 15 is 0 Å². The minimum absolute atomic E-state index is 0.0963. The van der Waals surface area contributed by atoms with Gasteiger partial charge in [-0.2, -0.15) is 0 Å². The van der Waals surface area contributed by atoms with E-state index in [1.165, 1.54) is 18.1 Å². The summed E-state index contributed by atoms with van der Waals surface area (Å²) in [4.78, 5) is 0. The average molecular weight is 255 g/mol. The third-order valence-corrected chi connectivity index (χ3v) is 3.05. The van der Waals surface area contributed by atoms with Gasteiger partial charge in [0.2, 0.25) is 0 Å². The molecule has 1 aliphatic carbocycles. The molecule has 0 atom stereocenters. The van der Waals surface area contributed by atoms with E-state index in [1.54, 1.807) is 6.07 Å². The zero-order valence-corrected chi connectivity index (χ0v) is 9.48. The molecule has 0 bridgehead atoms. The Hall–Kier alpha value is -0.630. The number of benzene rings is 1. The fourth-order valence-electron chi connectivity index (χ4n) is 1.82. The van der Waals surface area contributed by atoms with E-state index in [9.17, 15) is 4.39 Å². The van der Waals surface area contributed by atoms with Crippen molar-refractivity contribution < 1.29 is 4.39 Å². The molecule has 0 saturated heterocycles. The molecule has 0 aliphatic heterocycles. The quantitative estimate of drug-likeness (QED) is 0.693. The van der Waals surface area contributed by atoms with Crippen LogP contribution in [0.25, 0.3) is 0 Å². The van der Waals surface area contributed by atoms with E-state index in [0.717, 1.165) is 29.3 Å². The van der Waals surface area contributed by atoms with Crippen LogP contribution >= 0.6 is 15.9 Å². The molecule has 1 aromatic rings. The molecule has 74 valence electrons. The molecule has 0 radical (unpaired) electrons. The Bertz CT molecular complexity index is 369. The lowest BCUT2D eigenvalue weighted by molar-refractivity contribution is 0.612. The lowest BCUT2D eigenvalue weighted by Gasteiger charge is -2.04. The molecule has 0 spiro atoms. The second-order valence-electron chi connectivity index (χ2n) is 3.67. The van der Waals surface area contributed by atoms with Crippen molar-refractivity contribution >= 4 is 15.9 Å². The Balaban J connectivity index is 2.19. The molecule has 0 nitrogen and oxygen atoms in total. The van der Waals surface area contributed by atoms with Crippen LogP contribution in [0.2, 0.25) is 0 Å². The molecular formula is C12H12BrF. The molecule has 1 aromatic carbocycles. The minimum Gasteiger partial charge on any atom is -0.207 e. The summed E-state index contributed by atoms with van der Waals surface area (Å²) >= 11 is 3.36. The van der Waals surface area contributed by atoms with E-state index in [1.807, 2.05) is 6.07 Å². The van der Waals surface area contributed by atoms with Gasteiger partial charge in [0, 0.05) is 4.47 Å². The summed E-state index contributed by atoms with van der Waals surface area (Å²) in [7, 11) is 0. The van der Waals surface area contributed by atoms with Crippen LogP contribution < -0.4 is 0 Å². The van der Waals surface area contributed by atoms with Crippen LogP contribution in [0.15, 0.2) is 34.3 Å². The third kappa shape index (κ3) is 2.24. The fourth-order valence-corrected chi connectivity index (χ4v) is 2.23. The highest BCUT2D eigenvalue weighted by atomic mass is 79.9. The Morgan fingerprint density at radius 2 is 2.21 bits per heavy atom. The maximum absolute atomic E-state index is 13.4. The van der Waals surface area contributed by atoms with Crippen LogP contribution in [0.5, 0.6) is 0 Å². The molecule has 0 heterocycles. The van der Waals surface area contributed by atoms with Gasteiger partial charge in [-0.1, -0.05) is 27.6 Å². The van der Waals surface area contributed by atoms with Crippen LogP contribution in [-0.4, -0.2) is 0 Å². The predicted octanol–water partition coefficient (Wildman–Crippen LogP) is 4.24. The lowest BCUT2D eigenvalue weighted by atomic mass is 10.0. The molecule has 0 amide bonds. The summed E-state index contributed by atoms with van der Waals surface area (Å²) in [5, 5.41) is 0. The van der Waals surface area contributed by atoms with Crippen LogP contribution in [0.4, 0.5) is 4.39 Å². The zero-order valence-electron chi connectivity index (χ0n) is 7.89. The summed E-state index contributed by atoms with van der Waals surface area (Å²) < 4.78 is 14.3. The molecule has 0 aromatic heterocycles. The van der Waals surface area contributed by atoms with Crippen molar-refractivity contribution in [2.45, 2.75) is 25.7 Å². The summed E-state index contributed by atoms with van der Waals surface area (Å²) in [6, 6.07) is 5.13. The lowest BCUT2D eigenvalue weighted by Crippen LogP contribution is -1.92. The normalized spacial score (nSPS) is 15.7. The van der Waals surface area contributed by atoms with Crippen molar-refractivity contribution in [3.8, 4) is 0 Å². The maximum Gasteiger partial charge on any atom is 0.126 e. The monoisotopic (exact) mass is 254 g/mol. The van der Waals surface area contributed by atoms with Gasteiger partial charge >= 0.3 is 0 Å². The van der Waals surface area contributed by atoms with Crippen molar-refractivity contribution in [2.24, 2.45) is 0 Å². The van der Waals surface area contributed by atoms with E-state index in [0.29, 0.717) is 0 Å². The van der Waals surface area contributed by atoms with Crippen molar-refractivity contribution in [3.05, 3.63) is 45.7 Å². The Kier molecular flexibility index (Phi) is 3.02. The first-order chi connectivity index (χ1) is 6.75. The summed E-state index contributed by atoms with van der Waals surface area (Å²) in [5.41, 5.74) is 2.18. The highest BCUT2D eigenvalue weighted by molar-refractivity contribution is 9.10. The molecule has 1 aliphatic rings. The third-order valence-electron chi connectivity index (χ3n) is 2.56. The SMILES string of the molecule is Fc1ccc(Br)cc1CC1=CCCC1. The Morgan fingerprint density at radius 3 is 2.93 bits per heavy atom. The average Bonchev–Trinajstić information content (AvgIpc) is 2.64. The molecule has 14 heavy (non-hydrogen) atoms. The first-order valence-electron chi connectivity index (χ1n) is 4.87. The van der Waals surface area contributed by atoms with Crippen LogP contribution in [0.1, 0.15) is 24.8 Å². The first-order valence-corrected chi connectivity index (χ1v) is 5.67. The highest BCUT2D eigenvalue weighted by Crippen LogP contribution is 2.24. The number of hydrogen-bond acceptors (Lipinski definition) is 0. The maximum atomic E-state index is 13.4. The standard InChI is InChI=1S/C12H12BrF/c13-11-5-6-12(14)10(8-11)7-9-3-1-2-4-9/h3,5-6,8H,1-2,4,7H2. The second kappa shape index (κ2) is 4.26. The summed E-state index contributed by atoms with van der Waals surface area (Å²) in [6.45, 7) is 0. The Morgan fingerprint density at radius 1 is 1.36 bits per heavy atom. The van der Waals surface area contributed by atoms with Gasteiger partial charge in [-0.15, -0.1) is 0 Å². The predicted molar refractivity (Wildman–Crippen MR) is 59.7 cm³/mol. The molecule has 0 fully saturated rings. The number of rotatable bonds is 2. The largest absolute Gasteiger partial charge is 0.207 e. The van der Waals surface area contributed by atoms with Crippen molar-refractivity contribution in [1.82, 2.24) is 0 Å². The van der Waals surface area contributed by atoms with Gasteiger partial charge in [0.25, 0.3) is 0 Å². The molecule has 0 unspecified atom stereocenters. The molecule has 2 heteroatoms. The fraction of sp³-hybridized carbons (Fsp3) is 0.333. The van der Waals surface area contributed by atoms with Gasteiger partial charge in [-0.25, -0.2) is 4.39 Å². The summed E-state index contributed by atoms with van der Waals surface area (Å²) in [6.07, 6.45) is 6.52. The van der Waals surface area contributed by atoms with E-state index < -0.39 is 0 Å². The second-order valence-corrected chi connectivity index (χ2v) is 4.58. The van der Waals surface area contributed by atoms with Crippen molar-refractivity contribution in [1.29, 1.82) is 0 Å². The number of hydrogen-bond donors (Lipinski definition) is 0. The topological polar surface area (TPSA) is 0 Å². The van der Waals surface area contributed by atoms with Crippen LogP contribution in [0, 0.1) is 5.82 Å². The zero-order chi connectivity index (χ0) is 9.97. The molecule has 2 rings (SSSR count). The number of allylic oxidation sites excluding steroid dienone is 2. The van der Waals surface area contributed by atoms with Crippen molar-refractivity contribution in [2.75, 3.05) is 0 Å². The van der Waals surface area contributed by atoms with Gasteiger partial charge in [-0.3, -0.25) is 0 Å². The van der Waals surface area contributed by atoms with E-state index in [4.69, 9.17) is 0 Å². The van der Waals surface area contributed by atoms with Crippen molar-refractivity contribution in [3.63, 3.8) is 0 Å². The highest BCUT2D eigenvalue weighted by Gasteiger charge is 2.08. The van der Waals surface area contributed by atoms with Gasteiger partial charge in [0.15, 0.2) is 0 Å². The van der Waals surface area contributed by atoms with Gasteiger partial charge < -0.3 is 0 Å². The van der Waals surface area contributed by atoms with Crippen LogP contribution in [-0.2, 0) is 6.42 Å². The first kappa shape index (κ1) is 9.91. The van der Waals surface area contributed by atoms with E-state index in [-0.39, 0.29) is 5.82 Å². The molecule has 0 N–H and O–H groups in total. The molecular weight excluding hydrogens is 243 g/mol. The Labute approximate surface area is 92.0 Å². The van der Waals surface area contributed by atoms with Gasteiger partial charge in [-0.05, 0) is 49.4 Å². The number of halogens is 2. The smallest absolute Gasteiger partial charge is 0.126 e. The molecule has 0 saturated carbocycles. The van der Waals surface area contributed by atoms with E-state index in [2.05, 4.69) is 22.0 Å². The van der Waals surface area contributed by atoms with Gasteiger partial charge in [0.1, 0.15) is 5.82 Å². The van der Waals surface area contributed by atoms with Gasteiger partial charge in [0.05, 0.1) is 0 Å². The summed E-state index contributed by atoms with van der Waals surface area (Å²) in [5.74, 6) is -0.0963. The van der Waals surface area contributed by atoms with Crippen LogP contribution in [0.3, 0.4) is 0 Å². The minimum atomic E-state index is -0.0963.